The van der Waals surface area contributed by atoms with Gasteiger partial charge in [-0.05, 0) is 50.8 Å². The summed E-state index contributed by atoms with van der Waals surface area (Å²) in [7, 11) is 0. The number of rotatable bonds is 6. The van der Waals surface area contributed by atoms with E-state index in [1.807, 2.05) is 34.9 Å². The van der Waals surface area contributed by atoms with Crippen LogP contribution in [-0.2, 0) is 19.9 Å². The summed E-state index contributed by atoms with van der Waals surface area (Å²) in [6.07, 6.45) is 6.36. The first kappa shape index (κ1) is 24.2. The average Bonchev–Trinajstić information content (AvgIpc) is 3.03. The highest BCUT2D eigenvalue weighted by atomic mass is 16.2. The molecule has 184 valence electrons. The van der Waals surface area contributed by atoms with Gasteiger partial charge in [0, 0.05) is 19.0 Å². The van der Waals surface area contributed by atoms with Crippen LogP contribution in [0, 0.1) is 5.92 Å². The summed E-state index contributed by atoms with van der Waals surface area (Å²) in [5.41, 5.74) is 1.99. The topological polar surface area (TPSA) is 102 Å². The molecule has 0 aromatic heterocycles. The van der Waals surface area contributed by atoms with Crippen LogP contribution < -0.4 is 10.7 Å². The molecule has 0 spiro atoms. The van der Waals surface area contributed by atoms with E-state index in [0.29, 0.717) is 25.1 Å². The number of carbonyl (C=O) groups excluding carboxylic acids is 4. The Morgan fingerprint density at radius 1 is 1.00 bits per heavy atom. The summed E-state index contributed by atoms with van der Waals surface area (Å²) in [5, 5.41) is 3.56. The standard InChI is InChI=1S/C25H35N5O4/c1-2-25(20-10-6-5-7-11-20)23(33)30(24(34)26-25)27-21(31)18-28-16-12-19(13-17-28)22(32)29-14-8-3-4-9-15-29/h5-7,10-11,19H,2-4,8-9,12-18H2,1H3,(H,26,34)(H,27,31)/t25-/m0/s1. The van der Waals surface area contributed by atoms with Gasteiger partial charge in [-0.1, -0.05) is 50.1 Å². The molecule has 1 aromatic rings. The SMILES string of the molecule is CC[C@@]1(c2ccccc2)NC(=O)N(NC(=O)CN2CCC(C(=O)N3CCCCCC3)CC2)C1=O. The molecule has 1 atom stereocenters. The highest BCUT2D eigenvalue weighted by molar-refractivity contribution is 6.08. The molecule has 2 N–H and O–H groups in total. The van der Waals surface area contributed by atoms with Crippen LogP contribution in [0.1, 0.15) is 57.4 Å². The lowest BCUT2D eigenvalue weighted by Crippen LogP contribution is -2.52. The molecule has 1 aromatic carbocycles. The molecule has 3 fully saturated rings. The van der Waals surface area contributed by atoms with Gasteiger partial charge in [-0.2, -0.15) is 5.01 Å². The van der Waals surface area contributed by atoms with E-state index in [4.69, 9.17) is 0 Å². The highest BCUT2D eigenvalue weighted by Gasteiger charge is 2.52. The summed E-state index contributed by atoms with van der Waals surface area (Å²) in [4.78, 5) is 55.3. The maximum atomic E-state index is 13.2. The number of piperidine rings is 1. The van der Waals surface area contributed by atoms with Crippen molar-refractivity contribution in [3.8, 4) is 0 Å². The molecule has 5 amide bonds. The smallest absolute Gasteiger partial charge is 0.342 e. The molecule has 0 aliphatic carbocycles. The van der Waals surface area contributed by atoms with Crippen molar-refractivity contribution in [2.45, 2.75) is 57.4 Å². The number of urea groups is 1. The van der Waals surface area contributed by atoms with Gasteiger partial charge in [0.25, 0.3) is 11.8 Å². The third-order valence-electron chi connectivity index (χ3n) is 7.35. The zero-order valence-corrected chi connectivity index (χ0v) is 19.9. The second-order valence-corrected chi connectivity index (χ2v) is 9.52. The number of amides is 5. The molecule has 4 rings (SSSR count). The number of benzene rings is 1. The molecular weight excluding hydrogens is 434 g/mol. The summed E-state index contributed by atoms with van der Waals surface area (Å²) < 4.78 is 0. The van der Waals surface area contributed by atoms with Crippen molar-refractivity contribution in [2.75, 3.05) is 32.7 Å². The van der Waals surface area contributed by atoms with Gasteiger partial charge in [0.15, 0.2) is 0 Å². The van der Waals surface area contributed by atoms with E-state index >= 15 is 0 Å². The molecule has 3 aliphatic heterocycles. The molecule has 9 nitrogen and oxygen atoms in total. The molecule has 0 saturated carbocycles. The molecule has 3 heterocycles. The van der Waals surface area contributed by atoms with Gasteiger partial charge in [0.05, 0.1) is 6.54 Å². The Morgan fingerprint density at radius 2 is 1.65 bits per heavy atom. The fourth-order valence-corrected chi connectivity index (χ4v) is 5.29. The fourth-order valence-electron chi connectivity index (χ4n) is 5.29. The number of hydrogen-bond donors (Lipinski definition) is 2. The lowest BCUT2D eigenvalue weighted by molar-refractivity contribution is -0.140. The van der Waals surface area contributed by atoms with Crippen LogP contribution in [0.25, 0.3) is 0 Å². The van der Waals surface area contributed by atoms with Crippen LogP contribution in [0.4, 0.5) is 4.79 Å². The van der Waals surface area contributed by atoms with Crippen molar-refractivity contribution in [3.63, 3.8) is 0 Å². The van der Waals surface area contributed by atoms with Gasteiger partial charge in [-0.25, -0.2) is 4.79 Å². The van der Waals surface area contributed by atoms with Gasteiger partial charge >= 0.3 is 6.03 Å². The van der Waals surface area contributed by atoms with Crippen molar-refractivity contribution in [1.82, 2.24) is 25.6 Å². The number of carbonyl (C=O) groups is 4. The molecule has 3 aliphatic rings. The van der Waals surface area contributed by atoms with E-state index in [9.17, 15) is 19.2 Å². The summed E-state index contributed by atoms with van der Waals surface area (Å²) in [6, 6.07) is 8.43. The first-order valence-electron chi connectivity index (χ1n) is 12.5. The second-order valence-electron chi connectivity index (χ2n) is 9.52. The Hall–Kier alpha value is -2.94. The number of imide groups is 1. The third-order valence-corrected chi connectivity index (χ3v) is 7.35. The monoisotopic (exact) mass is 469 g/mol. The van der Waals surface area contributed by atoms with Gasteiger partial charge in [0.2, 0.25) is 5.91 Å². The van der Waals surface area contributed by atoms with E-state index in [-0.39, 0.29) is 18.4 Å². The molecule has 34 heavy (non-hydrogen) atoms. The maximum absolute atomic E-state index is 13.2. The Kier molecular flexibility index (Phi) is 7.50. The fraction of sp³-hybridized carbons (Fsp3) is 0.600. The number of likely N-dealkylation sites (tertiary alicyclic amines) is 2. The minimum absolute atomic E-state index is 0.0133. The van der Waals surface area contributed by atoms with Crippen molar-refractivity contribution in [1.29, 1.82) is 0 Å². The van der Waals surface area contributed by atoms with Crippen molar-refractivity contribution in [2.24, 2.45) is 5.92 Å². The highest BCUT2D eigenvalue weighted by Crippen LogP contribution is 2.31. The summed E-state index contributed by atoms with van der Waals surface area (Å²) >= 11 is 0. The van der Waals surface area contributed by atoms with Crippen LogP contribution >= 0.6 is 0 Å². The maximum Gasteiger partial charge on any atom is 0.344 e. The van der Waals surface area contributed by atoms with E-state index in [0.717, 1.165) is 43.8 Å². The molecule has 0 radical (unpaired) electrons. The van der Waals surface area contributed by atoms with Crippen LogP contribution in [-0.4, -0.2) is 71.3 Å². The number of nitrogens with one attached hydrogen (secondary N) is 2. The van der Waals surface area contributed by atoms with Crippen molar-refractivity contribution >= 4 is 23.8 Å². The Morgan fingerprint density at radius 3 is 2.26 bits per heavy atom. The lowest BCUT2D eigenvalue weighted by Gasteiger charge is -2.33. The molecule has 0 unspecified atom stereocenters. The van der Waals surface area contributed by atoms with Gasteiger partial charge in [0.1, 0.15) is 5.54 Å². The van der Waals surface area contributed by atoms with E-state index in [2.05, 4.69) is 10.7 Å². The lowest BCUT2D eigenvalue weighted by atomic mass is 9.87. The quantitative estimate of drug-likeness (QED) is 0.621. The summed E-state index contributed by atoms with van der Waals surface area (Å²) in [5.74, 6) is -0.636. The zero-order valence-electron chi connectivity index (χ0n) is 19.9. The summed E-state index contributed by atoms with van der Waals surface area (Å²) in [6.45, 7) is 4.90. The molecule has 9 heteroatoms. The normalized spacial score (nSPS) is 24.6. The predicted octanol–water partition coefficient (Wildman–Crippen LogP) is 1.99. The van der Waals surface area contributed by atoms with Crippen molar-refractivity contribution in [3.05, 3.63) is 35.9 Å². The number of hydrogen-bond acceptors (Lipinski definition) is 5. The first-order chi connectivity index (χ1) is 16.4. The van der Waals surface area contributed by atoms with Crippen LogP contribution in [0.15, 0.2) is 30.3 Å². The van der Waals surface area contributed by atoms with Gasteiger partial charge in [-0.3, -0.25) is 24.7 Å². The van der Waals surface area contributed by atoms with E-state index < -0.39 is 23.4 Å². The van der Waals surface area contributed by atoms with E-state index in [1.54, 1.807) is 12.1 Å². The Balaban J connectivity index is 1.29. The molecule has 3 saturated heterocycles. The predicted molar refractivity (Wildman–Crippen MR) is 126 cm³/mol. The van der Waals surface area contributed by atoms with Crippen LogP contribution in [0.3, 0.4) is 0 Å². The van der Waals surface area contributed by atoms with E-state index in [1.165, 1.54) is 12.8 Å². The third kappa shape index (κ3) is 4.94. The number of hydrazine groups is 1. The molecular formula is C25H35N5O4. The largest absolute Gasteiger partial charge is 0.344 e. The minimum Gasteiger partial charge on any atom is -0.342 e. The zero-order chi connectivity index (χ0) is 24.1. The van der Waals surface area contributed by atoms with Crippen LogP contribution in [0.5, 0.6) is 0 Å². The second kappa shape index (κ2) is 10.5. The molecule has 0 bridgehead atoms. The minimum atomic E-state index is -1.18. The number of nitrogens with zero attached hydrogens (tertiary/aromatic N) is 3. The Bertz CT molecular complexity index is 907. The van der Waals surface area contributed by atoms with Gasteiger partial charge < -0.3 is 10.2 Å². The van der Waals surface area contributed by atoms with Crippen molar-refractivity contribution < 1.29 is 19.2 Å². The Labute approximate surface area is 200 Å². The average molecular weight is 470 g/mol. The van der Waals surface area contributed by atoms with Gasteiger partial charge in [-0.15, -0.1) is 0 Å². The van der Waals surface area contributed by atoms with Crippen LogP contribution in [0.2, 0.25) is 0 Å². The first-order valence-corrected chi connectivity index (χ1v) is 12.5.